The molecule has 0 saturated heterocycles. The van der Waals surface area contributed by atoms with E-state index in [0.29, 0.717) is 23.8 Å². The Morgan fingerprint density at radius 1 is 1.43 bits per heavy atom. The lowest BCUT2D eigenvalue weighted by molar-refractivity contribution is 0.0949. The molecule has 0 fully saturated rings. The molecule has 0 aromatic carbocycles. The Labute approximate surface area is 127 Å². The molecule has 2 N–H and O–H groups in total. The van der Waals surface area contributed by atoms with Crippen molar-refractivity contribution in [1.29, 1.82) is 0 Å². The summed E-state index contributed by atoms with van der Waals surface area (Å²) in [5.41, 5.74) is 0.454. The standard InChI is InChI=1S/C13H17ClN6O/c1-3-4-15-11-6-9(5-10(14)18-11)13(21)16-7-12-19-17-8-20(12)2/h5-6,8H,3-4,7H2,1-2H3,(H,15,18)(H,16,21). The number of pyridine rings is 1. The Hall–Kier alpha value is -2.15. The van der Waals surface area contributed by atoms with Gasteiger partial charge in [-0.15, -0.1) is 10.2 Å². The highest BCUT2D eigenvalue weighted by Gasteiger charge is 2.10. The van der Waals surface area contributed by atoms with Crippen LogP contribution in [0.4, 0.5) is 5.82 Å². The summed E-state index contributed by atoms with van der Waals surface area (Å²) in [5.74, 6) is 1.03. The van der Waals surface area contributed by atoms with E-state index in [0.717, 1.165) is 13.0 Å². The monoisotopic (exact) mass is 308 g/mol. The van der Waals surface area contributed by atoms with Crippen molar-refractivity contribution in [2.24, 2.45) is 7.05 Å². The molecule has 0 unspecified atom stereocenters. The predicted octanol–water partition coefficient (Wildman–Crippen LogP) is 1.62. The number of hydrogen-bond donors (Lipinski definition) is 2. The Morgan fingerprint density at radius 3 is 2.90 bits per heavy atom. The first-order valence-electron chi connectivity index (χ1n) is 6.62. The molecule has 0 aliphatic carbocycles. The molecule has 2 heterocycles. The number of amides is 1. The van der Waals surface area contributed by atoms with Crippen LogP contribution in [-0.2, 0) is 13.6 Å². The topological polar surface area (TPSA) is 84.7 Å². The zero-order chi connectivity index (χ0) is 15.2. The van der Waals surface area contributed by atoms with E-state index in [-0.39, 0.29) is 11.1 Å². The highest BCUT2D eigenvalue weighted by atomic mass is 35.5. The normalized spacial score (nSPS) is 10.4. The molecule has 0 atom stereocenters. The lowest BCUT2D eigenvalue weighted by atomic mass is 10.2. The molecule has 0 aliphatic heterocycles. The Morgan fingerprint density at radius 2 is 2.24 bits per heavy atom. The maximum absolute atomic E-state index is 12.1. The minimum atomic E-state index is -0.234. The number of nitrogens with zero attached hydrogens (tertiary/aromatic N) is 4. The fourth-order valence-electron chi connectivity index (χ4n) is 1.70. The Kier molecular flexibility index (Phi) is 5.10. The average Bonchev–Trinajstić information content (AvgIpc) is 2.87. The number of anilines is 1. The van der Waals surface area contributed by atoms with Gasteiger partial charge in [0, 0.05) is 19.2 Å². The third kappa shape index (κ3) is 4.16. The van der Waals surface area contributed by atoms with E-state index in [4.69, 9.17) is 11.6 Å². The summed E-state index contributed by atoms with van der Waals surface area (Å²) < 4.78 is 1.74. The number of carbonyl (C=O) groups is 1. The molecule has 21 heavy (non-hydrogen) atoms. The number of nitrogens with one attached hydrogen (secondary N) is 2. The molecule has 2 rings (SSSR count). The number of aryl methyl sites for hydroxylation is 1. The second kappa shape index (κ2) is 7.03. The van der Waals surface area contributed by atoms with Gasteiger partial charge >= 0.3 is 0 Å². The second-order valence-corrected chi connectivity index (χ2v) is 4.92. The average molecular weight is 309 g/mol. The molecule has 2 aromatic heterocycles. The fraction of sp³-hybridized carbons (Fsp3) is 0.385. The van der Waals surface area contributed by atoms with Crippen LogP contribution in [0.25, 0.3) is 0 Å². The van der Waals surface area contributed by atoms with Gasteiger partial charge < -0.3 is 15.2 Å². The van der Waals surface area contributed by atoms with E-state index in [2.05, 4.69) is 25.8 Å². The molecular formula is C13H17ClN6O. The Balaban J connectivity index is 2.04. The molecule has 2 aromatic rings. The summed E-state index contributed by atoms with van der Waals surface area (Å²) in [6.45, 7) is 3.12. The Bertz CT molecular complexity index is 627. The lowest BCUT2D eigenvalue weighted by Gasteiger charge is -2.08. The molecule has 1 amide bonds. The van der Waals surface area contributed by atoms with E-state index < -0.39 is 0 Å². The van der Waals surface area contributed by atoms with Gasteiger partial charge in [-0.3, -0.25) is 4.79 Å². The molecule has 0 saturated carbocycles. The molecule has 112 valence electrons. The summed E-state index contributed by atoms with van der Waals surface area (Å²) in [6, 6.07) is 3.21. The number of carbonyl (C=O) groups excluding carboxylic acids is 1. The first-order chi connectivity index (χ1) is 10.1. The van der Waals surface area contributed by atoms with Crippen molar-refractivity contribution >= 4 is 23.3 Å². The highest BCUT2D eigenvalue weighted by Crippen LogP contribution is 2.14. The predicted molar refractivity (Wildman–Crippen MR) is 80.2 cm³/mol. The van der Waals surface area contributed by atoms with Gasteiger partial charge in [0.05, 0.1) is 6.54 Å². The summed E-state index contributed by atoms with van der Waals surface area (Å²) in [7, 11) is 1.82. The van der Waals surface area contributed by atoms with Crippen LogP contribution in [0, 0.1) is 0 Å². The largest absolute Gasteiger partial charge is 0.370 e. The van der Waals surface area contributed by atoms with Crippen LogP contribution >= 0.6 is 11.6 Å². The van der Waals surface area contributed by atoms with E-state index >= 15 is 0 Å². The molecule has 0 spiro atoms. The van der Waals surface area contributed by atoms with Crippen molar-refractivity contribution in [2.75, 3.05) is 11.9 Å². The van der Waals surface area contributed by atoms with Crippen LogP contribution in [0.2, 0.25) is 5.15 Å². The van der Waals surface area contributed by atoms with Crippen molar-refractivity contribution in [3.8, 4) is 0 Å². The van der Waals surface area contributed by atoms with Gasteiger partial charge in [0.1, 0.15) is 17.3 Å². The maximum Gasteiger partial charge on any atom is 0.251 e. The summed E-state index contributed by atoms with van der Waals surface area (Å²) in [5, 5.41) is 13.8. The number of hydrogen-bond acceptors (Lipinski definition) is 5. The van der Waals surface area contributed by atoms with E-state index in [1.807, 2.05) is 14.0 Å². The van der Waals surface area contributed by atoms with Gasteiger partial charge in [-0.2, -0.15) is 0 Å². The number of rotatable bonds is 6. The SMILES string of the molecule is CCCNc1cc(C(=O)NCc2nncn2C)cc(Cl)n1. The first kappa shape index (κ1) is 15.2. The van der Waals surface area contributed by atoms with Gasteiger partial charge in [-0.05, 0) is 18.6 Å². The summed E-state index contributed by atoms with van der Waals surface area (Å²) in [6.07, 6.45) is 2.54. The van der Waals surface area contributed by atoms with Crippen LogP contribution in [0.1, 0.15) is 29.5 Å². The molecule has 0 bridgehead atoms. The van der Waals surface area contributed by atoms with Crippen molar-refractivity contribution in [2.45, 2.75) is 19.9 Å². The van der Waals surface area contributed by atoms with Crippen LogP contribution in [0.3, 0.4) is 0 Å². The highest BCUT2D eigenvalue weighted by molar-refractivity contribution is 6.29. The zero-order valence-electron chi connectivity index (χ0n) is 11.9. The molecule has 7 nitrogen and oxygen atoms in total. The van der Waals surface area contributed by atoms with Crippen molar-refractivity contribution in [3.05, 3.63) is 35.0 Å². The van der Waals surface area contributed by atoms with E-state index in [1.54, 1.807) is 17.0 Å². The number of halogens is 1. The molecule has 0 radical (unpaired) electrons. The number of aromatic nitrogens is 4. The van der Waals surface area contributed by atoms with Gasteiger partial charge in [0.25, 0.3) is 5.91 Å². The van der Waals surface area contributed by atoms with E-state index in [1.165, 1.54) is 6.07 Å². The lowest BCUT2D eigenvalue weighted by Crippen LogP contribution is -2.24. The minimum Gasteiger partial charge on any atom is -0.370 e. The summed E-state index contributed by atoms with van der Waals surface area (Å²) in [4.78, 5) is 16.3. The second-order valence-electron chi connectivity index (χ2n) is 4.53. The van der Waals surface area contributed by atoms with Crippen LogP contribution in [-0.4, -0.2) is 32.2 Å². The van der Waals surface area contributed by atoms with Gasteiger partial charge in [0.2, 0.25) is 0 Å². The third-order valence-electron chi connectivity index (χ3n) is 2.82. The van der Waals surface area contributed by atoms with Crippen molar-refractivity contribution in [1.82, 2.24) is 25.1 Å². The fourth-order valence-corrected chi connectivity index (χ4v) is 1.91. The van der Waals surface area contributed by atoms with Gasteiger partial charge in [-0.25, -0.2) is 4.98 Å². The zero-order valence-corrected chi connectivity index (χ0v) is 12.7. The molecular weight excluding hydrogens is 292 g/mol. The van der Waals surface area contributed by atoms with Crippen LogP contribution in [0.15, 0.2) is 18.5 Å². The van der Waals surface area contributed by atoms with Gasteiger partial charge in [0.15, 0.2) is 5.82 Å². The third-order valence-corrected chi connectivity index (χ3v) is 3.02. The quantitative estimate of drug-likeness (QED) is 0.792. The van der Waals surface area contributed by atoms with Crippen molar-refractivity contribution < 1.29 is 4.79 Å². The van der Waals surface area contributed by atoms with Gasteiger partial charge in [-0.1, -0.05) is 18.5 Å². The first-order valence-corrected chi connectivity index (χ1v) is 7.00. The van der Waals surface area contributed by atoms with E-state index in [9.17, 15) is 4.79 Å². The van der Waals surface area contributed by atoms with Crippen LogP contribution < -0.4 is 10.6 Å². The van der Waals surface area contributed by atoms with Crippen LogP contribution in [0.5, 0.6) is 0 Å². The smallest absolute Gasteiger partial charge is 0.251 e. The summed E-state index contributed by atoms with van der Waals surface area (Å²) >= 11 is 5.94. The maximum atomic E-state index is 12.1. The van der Waals surface area contributed by atoms with Crippen molar-refractivity contribution in [3.63, 3.8) is 0 Å². The molecule has 8 heteroatoms. The molecule has 0 aliphatic rings. The minimum absolute atomic E-state index is 0.234.